The first kappa shape index (κ1) is 21.9. The molecule has 0 bridgehead atoms. The minimum Gasteiger partial charge on any atom is -0.374 e. The van der Waals surface area contributed by atoms with Crippen LogP contribution in [0, 0.1) is 11.7 Å². The van der Waals surface area contributed by atoms with E-state index in [-0.39, 0.29) is 36.3 Å². The number of aliphatic hydroxyl groups is 1. The molecule has 0 aliphatic carbocycles. The summed E-state index contributed by atoms with van der Waals surface area (Å²) in [5.41, 5.74) is 7.32. The van der Waals surface area contributed by atoms with E-state index in [1.165, 1.54) is 11.0 Å². The Morgan fingerprint density at radius 1 is 1.23 bits per heavy atom. The molecule has 2 aromatic rings. The number of nitrogens with one attached hydrogen (secondary N) is 1. The van der Waals surface area contributed by atoms with Crippen LogP contribution in [0.3, 0.4) is 0 Å². The van der Waals surface area contributed by atoms with Gasteiger partial charge in [-0.15, -0.1) is 0 Å². The Morgan fingerprint density at radius 2 is 1.93 bits per heavy atom. The second-order valence-corrected chi connectivity index (χ2v) is 8.26. The van der Waals surface area contributed by atoms with Crippen molar-refractivity contribution >= 4 is 11.9 Å². The van der Waals surface area contributed by atoms with E-state index in [2.05, 4.69) is 10.3 Å². The maximum absolute atomic E-state index is 14.3. The van der Waals surface area contributed by atoms with E-state index in [9.17, 15) is 14.3 Å². The van der Waals surface area contributed by atoms with Crippen LogP contribution in [0.2, 0.25) is 0 Å². The summed E-state index contributed by atoms with van der Waals surface area (Å²) in [6, 6.07) is 14.0. The number of rotatable bonds is 7. The van der Waals surface area contributed by atoms with Crippen LogP contribution in [0.4, 0.5) is 4.39 Å². The van der Waals surface area contributed by atoms with E-state index in [1.807, 2.05) is 51.1 Å². The highest BCUT2D eigenvalue weighted by Gasteiger charge is 2.38. The Balaban J connectivity index is 1.74. The molecular weight excluding hydrogens is 383 g/mol. The van der Waals surface area contributed by atoms with Crippen LogP contribution in [0.5, 0.6) is 0 Å². The number of aliphatic hydroxyl groups excluding tert-OH is 1. The smallest absolute Gasteiger partial charge is 0.232 e. The minimum absolute atomic E-state index is 0.118. The van der Waals surface area contributed by atoms with Gasteiger partial charge < -0.3 is 10.8 Å². The largest absolute Gasteiger partial charge is 0.374 e. The lowest BCUT2D eigenvalue weighted by Crippen LogP contribution is -2.51. The van der Waals surface area contributed by atoms with E-state index in [4.69, 9.17) is 5.73 Å². The lowest BCUT2D eigenvalue weighted by atomic mass is 9.84. The van der Waals surface area contributed by atoms with E-state index in [0.29, 0.717) is 12.1 Å². The van der Waals surface area contributed by atoms with E-state index >= 15 is 0 Å². The molecular formula is C23H29FN4O2. The van der Waals surface area contributed by atoms with Crippen LogP contribution < -0.4 is 11.1 Å². The first-order chi connectivity index (χ1) is 14.2. The van der Waals surface area contributed by atoms with Crippen LogP contribution in [-0.4, -0.2) is 27.4 Å². The average Bonchev–Trinajstić information content (AvgIpc) is 2.70. The molecule has 4 N–H and O–H groups in total. The Labute approximate surface area is 176 Å². The molecule has 3 rings (SSSR count). The van der Waals surface area contributed by atoms with Crippen molar-refractivity contribution in [2.75, 3.05) is 0 Å². The van der Waals surface area contributed by atoms with Crippen molar-refractivity contribution in [2.45, 2.75) is 52.0 Å². The van der Waals surface area contributed by atoms with Crippen LogP contribution in [-0.2, 0) is 17.9 Å². The van der Waals surface area contributed by atoms with Gasteiger partial charge in [-0.05, 0) is 36.1 Å². The molecule has 2 atom stereocenters. The Bertz CT molecular complexity index is 932. The number of nitrogens with zero attached hydrogens (tertiary/aromatic N) is 2. The molecule has 30 heavy (non-hydrogen) atoms. The number of amides is 1. The van der Waals surface area contributed by atoms with E-state index in [0.717, 1.165) is 5.56 Å². The van der Waals surface area contributed by atoms with E-state index in [1.54, 1.807) is 12.1 Å². The number of carbonyl (C=O) groups excluding carboxylic acids is 1. The lowest BCUT2D eigenvalue weighted by molar-refractivity contribution is -0.130. The SMILES string of the molecule is CC(C)[C@]1(C)CC(=O)N(Cc2ccc(F)c(C(O)NCc3ccccc3)c2)C(N)=N1. The lowest BCUT2D eigenvalue weighted by Gasteiger charge is -2.37. The zero-order chi connectivity index (χ0) is 21.9. The number of guanidine groups is 1. The fourth-order valence-electron chi connectivity index (χ4n) is 3.40. The normalized spacial score (nSPS) is 20.4. The van der Waals surface area contributed by atoms with Gasteiger partial charge in [-0.1, -0.05) is 50.2 Å². The van der Waals surface area contributed by atoms with Gasteiger partial charge in [-0.2, -0.15) is 0 Å². The molecule has 0 aromatic heterocycles. The molecule has 1 aliphatic heterocycles. The number of aliphatic imine (C=N–C) groups is 1. The molecule has 0 saturated heterocycles. The van der Waals surface area contributed by atoms with Gasteiger partial charge in [0.1, 0.15) is 12.0 Å². The Morgan fingerprint density at radius 3 is 2.57 bits per heavy atom. The standard InChI is InChI=1S/C23H29FN4O2/c1-15(2)23(3)12-20(29)28(22(25)27-23)14-17-9-10-19(24)18(11-17)21(30)26-13-16-7-5-4-6-8-16/h4-11,15,21,26,30H,12-14H2,1-3H3,(H2,25,27)/t21?,23-/m0/s1. The van der Waals surface area contributed by atoms with Gasteiger partial charge in [-0.25, -0.2) is 9.38 Å². The number of hydrogen-bond donors (Lipinski definition) is 3. The highest BCUT2D eigenvalue weighted by molar-refractivity contribution is 5.99. The van der Waals surface area contributed by atoms with Crippen molar-refractivity contribution in [3.63, 3.8) is 0 Å². The summed E-state index contributed by atoms with van der Waals surface area (Å²) in [7, 11) is 0. The molecule has 0 radical (unpaired) electrons. The fraction of sp³-hybridized carbons (Fsp3) is 0.391. The summed E-state index contributed by atoms with van der Waals surface area (Å²) < 4.78 is 14.3. The molecule has 6 nitrogen and oxygen atoms in total. The number of benzene rings is 2. The first-order valence-electron chi connectivity index (χ1n) is 10.1. The minimum atomic E-state index is -1.18. The second-order valence-electron chi connectivity index (χ2n) is 8.26. The molecule has 0 fully saturated rings. The van der Waals surface area contributed by atoms with Crippen LogP contribution in [0.1, 0.15) is 50.1 Å². The number of hydrogen-bond acceptors (Lipinski definition) is 5. The highest BCUT2D eigenvalue weighted by Crippen LogP contribution is 2.30. The third-order valence-corrected chi connectivity index (χ3v) is 5.74. The second kappa shape index (κ2) is 8.93. The number of carbonyl (C=O) groups is 1. The van der Waals surface area contributed by atoms with Crippen LogP contribution >= 0.6 is 0 Å². The fourth-order valence-corrected chi connectivity index (χ4v) is 3.40. The van der Waals surface area contributed by atoms with Gasteiger partial charge in [0.15, 0.2) is 5.96 Å². The third-order valence-electron chi connectivity index (χ3n) is 5.74. The molecule has 1 amide bonds. The van der Waals surface area contributed by atoms with Crippen molar-refractivity contribution in [1.82, 2.24) is 10.2 Å². The van der Waals surface area contributed by atoms with Crippen molar-refractivity contribution in [3.8, 4) is 0 Å². The molecule has 1 aliphatic rings. The monoisotopic (exact) mass is 412 g/mol. The van der Waals surface area contributed by atoms with E-state index < -0.39 is 17.6 Å². The third kappa shape index (κ3) is 4.86. The van der Waals surface area contributed by atoms with Crippen LogP contribution in [0.15, 0.2) is 53.5 Å². The van der Waals surface area contributed by atoms with Gasteiger partial charge in [-0.3, -0.25) is 15.0 Å². The predicted octanol–water partition coefficient (Wildman–Crippen LogP) is 3.07. The average molecular weight is 413 g/mol. The summed E-state index contributed by atoms with van der Waals surface area (Å²) in [5.74, 6) is -0.306. The molecule has 0 saturated carbocycles. The summed E-state index contributed by atoms with van der Waals surface area (Å²) >= 11 is 0. The van der Waals surface area contributed by atoms with Crippen LogP contribution in [0.25, 0.3) is 0 Å². The summed E-state index contributed by atoms with van der Waals surface area (Å²) in [4.78, 5) is 18.7. The van der Waals surface area contributed by atoms with Gasteiger partial charge in [0.05, 0.1) is 18.5 Å². The van der Waals surface area contributed by atoms with Gasteiger partial charge in [0.2, 0.25) is 5.91 Å². The predicted molar refractivity (Wildman–Crippen MR) is 115 cm³/mol. The summed E-state index contributed by atoms with van der Waals surface area (Å²) in [6.45, 7) is 6.50. The van der Waals surface area contributed by atoms with Gasteiger partial charge in [0, 0.05) is 12.1 Å². The molecule has 1 unspecified atom stereocenters. The summed E-state index contributed by atoms with van der Waals surface area (Å²) in [5, 5.41) is 13.4. The zero-order valence-electron chi connectivity index (χ0n) is 17.6. The van der Waals surface area contributed by atoms with Gasteiger partial charge in [0.25, 0.3) is 0 Å². The Hall–Kier alpha value is -2.77. The van der Waals surface area contributed by atoms with Crippen molar-refractivity contribution < 1.29 is 14.3 Å². The summed E-state index contributed by atoms with van der Waals surface area (Å²) in [6.07, 6.45) is -0.918. The molecule has 0 spiro atoms. The zero-order valence-corrected chi connectivity index (χ0v) is 17.6. The first-order valence-corrected chi connectivity index (χ1v) is 10.1. The molecule has 7 heteroatoms. The molecule has 160 valence electrons. The van der Waals surface area contributed by atoms with Crippen molar-refractivity contribution in [3.05, 3.63) is 71.0 Å². The molecule has 2 aromatic carbocycles. The quantitative estimate of drug-likeness (QED) is 0.610. The maximum atomic E-state index is 14.3. The van der Waals surface area contributed by atoms with Crippen molar-refractivity contribution in [1.29, 1.82) is 0 Å². The maximum Gasteiger partial charge on any atom is 0.232 e. The molecule has 1 heterocycles. The van der Waals surface area contributed by atoms with Crippen molar-refractivity contribution in [2.24, 2.45) is 16.6 Å². The topological polar surface area (TPSA) is 91.0 Å². The number of halogens is 1. The highest BCUT2D eigenvalue weighted by atomic mass is 19.1. The Kier molecular flexibility index (Phi) is 6.53. The van der Waals surface area contributed by atoms with Gasteiger partial charge >= 0.3 is 0 Å². The number of nitrogens with two attached hydrogens (primary N) is 1.